The van der Waals surface area contributed by atoms with Crippen LogP contribution in [0.1, 0.15) is 16.1 Å². The molecule has 4 nitrogen and oxygen atoms in total. The molecule has 1 aliphatic rings. The maximum atomic E-state index is 13.7. The number of hydrogen-bond donors (Lipinski definition) is 0. The van der Waals surface area contributed by atoms with Crippen molar-refractivity contribution in [1.82, 2.24) is 9.80 Å². The predicted octanol–water partition coefficient (Wildman–Crippen LogP) is 2.56. The monoisotopic (exact) mass is 320 g/mol. The van der Waals surface area contributed by atoms with E-state index in [1.807, 2.05) is 4.90 Å². The maximum Gasteiger partial charge on any atom is 0.211 e. The van der Waals surface area contributed by atoms with Crippen LogP contribution in [0.4, 0.5) is 8.78 Å². The Morgan fingerprint density at radius 3 is 2.52 bits per heavy atom. The summed E-state index contributed by atoms with van der Waals surface area (Å²) in [6.07, 6.45) is 1.48. The molecule has 0 amide bonds. The van der Waals surface area contributed by atoms with Crippen LogP contribution < -0.4 is 0 Å². The summed E-state index contributed by atoms with van der Waals surface area (Å²) in [5, 5.41) is 0. The summed E-state index contributed by atoms with van der Waals surface area (Å²) in [7, 11) is 0. The lowest BCUT2D eigenvalue weighted by Gasteiger charge is -2.34. The van der Waals surface area contributed by atoms with E-state index in [1.54, 1.807) is 12.1 Å². The zero-order valence-corrected chi connectivity index (χ0v) is 12.7. The lowest BCUT2D eigenvalue weighted by atomic mass is 10.1. The SMILES string of the molecule is O=C(CN1CCN(Cc2cc(F)ccc2F)CC1)c1ccco1. The minimum Gasteiger partial charge on any atom is -0.461 e. The summed E-state index contributed by atoms with van der Waals surface area (Å²) in [5.41, 5.74) is 0.366. The van der Waals surface area contributed by atoms with E-state index in [0.29, 0.717) is 50.6 Å². The highest BCUT2D eigenvalue weighted by Crippen LogP contribution is 2.14. The van der Waals surface area contributed by atoms with E-state index in [-0.39, 0.29) is 11.6 Å². The molecule has 0 bridgehead atoms. The van der Waals surface area contributed by atoms with Gasteiger partial charge in [0.2, 0.25) is 5.78 Å². The molecule has 23 heavy (non-hydrogen) atoms. The van der Waals surface area contributed by atoms with Gasteiger partial charge < -0.3 is 4.42 Å². The standard InChI is InChI=1S/C17H18F2N2O2/c18-14-3-4-15(19)13(10-14)11-20-5-7-21(8-6-20)12-16(22)17-2-1-9-23-17/h1-4,9-10H,5-8,11-12H2. The minimum atomic E-state index is -0.427. The molecule has 1 aromatic heterocycles. The summed E-state index contributed by atoms with van der Waals surface area (Å²) >= 11 is 0. The van der Waals surface area contributed by atoms with Gasteiger partial charge in [-0.3, -0.25) is 14.6 Å². The Kier molecular flexibility index (Phi) is 4.83. The van der Waals surface area contributed by atoms with Crippen molar-refractivity contribution in [2.75, 3.05) is 32.7 Å². The Bertz CT molecular complexity index is 665. The fraction of sp³-hybridized carbons (Fsp3) is 0.353. The fourth-order valence-corrected chi connectivity index (χ4v) is 2.73. The van der Waals surface area contributed by atoms with Crippen molar-refractivity contribution in [2.24, 2.45) is 0 Å². The molecular formula is C17H18F2N2O2. The first-order valence-corrected chi connectivity index (χ1v) is 7.57. The molecule has 3 rings (SSSR count). The molecule has 0 unspecified atom stereocenters. The van der Waals surface area contributed by atoms with Gasteiger partial charge in [-0.2, -0.15) is 0 Å². The molecule has 0 spiro atoms. The lowest BCUT2D eigenvalue weighted by Crippen LogP contribution is -2.47. The third-order valence-electron chi connectivity index (χ3n) is 4.03. The molecule has 1 fully saturated rings. The van der Waals surface area contributed by atoms with Gasteiger partial charge in [0.25, 0.3) is 0 Å². The highest BCUT2D eigenvalue weighted by molar-refractivity contribution is 5.94. The number of halogens is 2. The highest BCUT2D eigenvalue weighted by atomic mass is 19.1. The molecule has 6 heteroatoms. The molecule has 2 heterocycles. The van der Waals surface area contributed by atoms with Crippen LogP contribution in [0.25, 0.3) is 0 Å². The fourth-order valence-electron chi connectivity index (χ4n) is 2.73. The molecule has 1 saturated heterocycles. The van der Waals surface area contributed by atoms with Crippen LogP contribution in [0.3, 0.4) is 0 Å². The minimum absolute atomic E-state index is 0.0420. The van der Waals surface area contributed by atoms with Crippen LogP contribution in [0.15, 0.2) is 41.0 Å². The first-order chi connectivity index (χ1) is 11.1. The number of Topliss-reactive ketones (excluding diaryl/α,β-unsaturated/α-hetero) is 1. The van der Waals surface area contributed by atoms with Gasteiger partial charge in [0.1, 0.15) is 11.6 Å². The van der Waals surface area contributed by atoms with Crippen LogP contribution in [0, 0.1) is 11.6 Å². The van der Waals surface area contributed by atoms with Crippen molar-refractivity contribution in [2.45, 2.75) is 6.54 Å². The number of ketones is 1. The maximum absolute atomic E-state index is 13.7. The number of rotatable bonds is 5. The number of furan rings is 1. The molecule has 0 N–H and O–H groups in total. The second-order valence-electron chi connectivity index (χ2n) is 5.69. The first kappa shape index (κ1) is 15.8. The van der Waals surface area contributed by atoms with Crippen LogP contribution >= 0.6 is 0 Å². The highest BCUT2D eigenvalue weighted by Gasteiger charge is 2.21. The Hall–Kier alpha value is -2.05. The average Bonchev–Trinajstić information content (AvgIpc) is 3.07. The molecule has 122 valence electrons. The molecule has 0 saturated carbocycles. The van der Waals surface area contributed by atoms with E-state index >= 15 is 0 Å². The molecule has 2 aromatic rings. The van der Waals surface area contributed by atoms with E-state index in [4.69, 9.17) is 4.42 Å². The number of benzene rings is 1. The van der Waals surface area contributed by atoms with Gasteiger partial charge in [0, 0.05) is 38.3 Å². The van der Waals surface area contributed by atoms with Crippen LogP contribution in [0.5, 0.6) is 0 Å². The molecule has 0 radical (unpaired) electrons. The van der Waals surface area contributed by atoms with Gasteiger partial charge in [0.15, 0.2) is 5.76 Å². The molecule has 0 atom stereocenters. The predicted molar refractivity (Wildman–Crippen MR) is 81.1 cm³/mol. The van der Waals surface area contributed by atoms with E-state index < -0.39 is 5.82 Å². The van der Waals surface area contributed by atoms with Crippen LogP contribution in [-0.2, 0) is 6.54 Å². The Morgan fingerprint density at radius 1 is 1.09 bits per heavy atom. The first-order valence-electron chi connectivity index (χ1n) is 7.57. The van der Waals surface area contributed by atoms with Crippen molar-refractivity contribution < 1.29 is 18.0 Å². The van der Waals surface area contributed by atoms with Crippen molar-refractivity contribution >= 4 is 5.78 Å². The summed E-state index contributed by atoms with van der Waals surface area (Å²) in [6, 6.07) is 6.87. The second-order valence-corrected chi connectivity index (χ2v) is 5.69. The van der Waals surface area contributed by atoms with Crippen LogP contribution in [0.2, 0.25) is 0 Å². The number of hydrogen-bond acceptors (Lipinski definition) is 4. The van der Waals surface area contributed by atoms with Gasteiger partial charge in [-0.15, -0.1) is 0 Å². The number of piperazine rings is 1. The van der Waals surface area contributed by atoms with Crippen molar-refractivity contribution in [3.63, 3.8) is 0 Å². The zero-order chi connectivity index (χ0) is 16.2. The number of carbonyl (C=O) groups is 1. The van der Waals surface area contributed by atoms with Crippen molar-refractivity contribution in [3.05, 3.63) is 59.6 Å². The van der Waals surface area contributed by atoms with Gasteiger partial charge >= 0.3 is 0 Å². The van der Waals surface area contributed by atoms with E-state index in [0.717, 1.165) is 12.1 Å². The third kappa shape index (κ3) is 4.03. The quantitative estimate of drug-likeness (QED) is 0.794. The molecule has 1 aromatic carbocycles. The van der Waals surface area contributed by atoms with Crippen molar-refractivity contribution in [3.8, 4) is 0 Å². The van der Waals surface area contributed by atoms with Crippen LogP contribution in [-0.4, -0.2) is 48.3 Å². The number of nitrogens with zero attached hydrogens (tertiary/aromatic N) is 2. The summed E-state index contributed by atoms with van der Waals surface area (Å²) < 4.78 is 32.0. The normalized spacial score (nSPS) is 16.6. The topological polar surface area (TPSA) is 36.7 Å². The van der Waals surface area contributed by atoms with Gasteiger partial charge in [-0.25, -0.2) is 8.78 Å². The summed E-state index contributed by atoms with van der Waals surface area (Å²) in [6.45, 7) is 3.54. The van der Waals surface area contributed by atoms with E-state index in [9.17, 15) is 13.6 Å². The van der Waals surface area contributed by atoms with Gasteiger partial charge in [-0.1, -0.05) is 0 Å². The van der Waals surface area contributed by atoms with Crippen molar-refractivity contribution in [1.29, 1.82) is 0 Å². The third-order valence-corrected chi connectivity index (χ3v) is 4.03. The largest absolute Gasteiger partial charge is 0.461 e. The van der Waals surface area contributed by atoms with E-state index in [2.05, 4.69) is 4.90 Å². The Labute approximate surface area is 133 Å². The molecule has 0 aliphatic carbocycles. The summed E-state index contributed by atoms with van der Waals surface area (Å²) in [5.74, 6) is -0.486. The lowest BCUT2D eigenvalue weighted by molar-refractivity contribution is 0.0817. The van der Waals surface area contributed by atoms with Gasteiger partial charge in [-0.05, 0) is 30.3 Å². The van der Waals surface area contributed by atoms with E-state index in [1.165, 1.54) is 12.3 Å². The number of carbonyl (C=O) groups excluding carboxylic acids is 1. The Balaban J connectivity index is 1.50. The second kappa shape index (κ2) is 7.02. The average molecular weight is 320 g/mol. The summed E-state index contributed by atoms with van der Waals surface area (Å²) in [4.78, 5) is 16.1. The molecular weight excluding hydrogens is 302 g/mol. The smallest absolute Gasteiger partial charge is 0.211 e. The zero-order valence-electron chi connectivity index (χ0n) is 12.7. The molecule has 1 aliphatic heterocycles. The Morgan fingerprint density at radius 2 is 1.83 bits per heavy atom. The van der Waals surface area contributed by atoms with Gasteiger partial charge in [0.05, 0.1) is 12.8 Å².